The molecule has 0 saturated carbocycles. The molecule has 0 atom stereocenters. The van der Waals surface area contributed by atoms with Gasteiger partial charge in [0.25, 0.3) is 5.56 Å². The standard InChI is InChI=1S/C21H20N4O/c1-14-8-9-19(16(3)10-14)25-20-18(11-23-25)21(26)24(13-22-20)12-17-7-5-4-6-15(17)2/h4-11,13H,12H2,1-3H3. The van der Waals surface area contributed by atoms with Crippen LogP contribution in [-0.4, -0.2) is 19.3 Å². The van der Waals surface area contributed by atoms with Gasteiger partial charge >= 0.3 is 0 Å². The largest absolute Gasteiger partial charge is 0.294 e. The third-order valence-corrected chi connectivity index (χ3v) is 4.74. The van der Waals surface area contributed by atoms with Gasteiger partial charge in [0.05, 0.1) is 18.4 Å². The van der Waals surface area contributed by atoms with Crippen molar-refractivity contribution in [3.63, 3.8) is 0 Å². The van der Waals surface area contributed by atoms with Gasteiger partial charge < -0.3 is 0 Å². The Morgan fingerprint density at radius 2 is 1.81 bits per heavy atom. The number of rotatable bonds is 3. The number of fused-ring (bicyclic) bond motifs is 1. The molecular weight excluding hydrogens is 324 g/mol. The van der Waals surface area contributed by atoms with Crippen LogP contribution in [0.25, 0.3) is 16.7 Å². The fourth-order valence-corrected chi connectivity index (χ4v) is 3.25. The van der Waals surface area contributed by atoms with Crippen LogP contribution in [0.15, 0.2) is 59.8 Å². The topological polar surface area (TPSA) is 52.7 Å². The first-order chi connectivity index (χ1) is 12.5. The number of benzene rings is 2. The van der Waals surface area contributed by atoms with Crippen LogP contribution in [-0.2, 0) is 6.54 Å². The van der Waals surface area contributed by atoms with Crippen LogP contribution in [0.4, 0.5) is 0 Å². The van der Waals surface area contributed by atoms with Crippen molar-refractivity contribution in [1.29, 1.82) is 0 Å². The number of aryl methyl sites for hydroxylation is 3. The van der Waals surface area contributed by atoms with E-state index in [1.54, 1.807) is 21.8 Å². The molecule has 0 saturated heterocycles. The monoisotopic (exact) mass is 344 g/mol. The van der Waals surface area contributed by atoms with Gasteiger partial charge in [-0.1, -0.05) is 42.0 Å². The van der Waals surface area contributed by atoms with Gasteiger partial charge in [-0.15, -0.1) is 0 Å². The highest BCUT2D eigenvalue weighted by Gasteiger charge is 2.13. The molecule has 0 amide bonds. The summed E-state index contributed by atoms with van der Waals surface area (Å²) in [6.07, 6.45) is 3.22. The molecule has 0 bridgehead atoms. The first-order valence-corrected chi connectivity index (χ1v) is 8.60. The first-order valence-electron chi connectivity index (χ1n) is 8.60. The number of nitrogens with zero attached hydrogens (tertiary/aromatic N) is 4. The van der Waals surface area contributed by atoms with Crippen molar-refractivity contribution < 1.29 is 0 Å². The summed E-state index contributed by atoms with van der Waals surface area (Å²) in [6, 6.07) is 14.2. The highest BCUT2D eigenvalue weighted by molar-refractivity contribution is 5.75. The zero-order valence-corrected chi connectivity index (χ0v) is 15.1. The number of aromatic nitrogens is 4. The molecule has 0 radical (unpaired) electrons. The molecule has 2 aromatic heterocycles. The summed E-state index contributed by atoms with van der Waals surface area (Å²) in [5.74, 6) is 0. The van der Waals surface area contributed by atoms with Crippen molar-refractivity contribution in [1.82, 2.24) is 19.3 Å². The molecule has 0 spiro atoms. The maximum Gasteiger partial charge on any atom is 0.264 e. The second kappa shape index (κ2) is 6.26. The van der Waals surface area contributed by atoms with E-state index in [-0.39, 0.29) is 5.56 Å². The van der Waals surface area contributed by atoms with Gasteiger partial charge in [-0.3, -0.25) is 9.36 Å². The predicted octanol–water partition coefficient (Wildman–Crippen LogP) is 3.56. The molecule has 2 heterocycles. The summed E-state index contributed by atoms with van der Waals surface area (Å²) in [5.41, 5.74) is 6.01. The average molecular weight is 344 g/mol. The molecule has 2 aromatic carbocycles. The molecule has 26 heavy (non-hydrogen) atoms. The van der Waals surface area contributed by atoms with E-state index in [0.29, 0.717) is 17.6 Å². The van der Waals surface area contributed by atoms with E-state index in [1.165, 1.54) is 5.56 Å². The maximum atomic E-state index is 12.9. The molecule has 0 unspecified atom stereocenters. The van der Waals surface area contributed by atoms with Gasteiger partial charge in [0, 0.05) is 0 Å². The Balaban J connectivity index is 1.81. The van der Waals surface area contributed by atoms with Crippen LogP contribution < -0.4 is 5.56 Å². The van der Waals surface area contributed by atoms with Crippen molar-refractivity contribution in [2.45, 2.75) is 27.3 Å². The molecule has 0 N–H and O–H groups in total. The van der Waals surface area contributed by atoms with Crippen LogP contribution in [0.1, 0.15) is 22.3 Å². The minimum atomic E-state index is -0.0748. The lowest BCUT2D eigenvalue weighted by atomic mass is 10.1. The van der Waals surface area contributed by atoms with Crippen molar-refractivity contribution >= 4 is 11.0 Å². The Kier molecular flexibility index (Phi) is 3.92. The Morgan fingerprint density at radius 1 is 1.00 bits per heavy atom. The third kappa shape index (κ3) is 2.71. The summed E-state index contributed by atoms with van der Waals surface area (Å²) < 4.78 is 3.38. The average Bonchev–Trinajstić information content (AvgIpc) is 3.04. The second-order valence-electron chi connectivity index (χ2n) is 6.69. The highest BCUT2D eigenvalue weighted by Crippen LogP contribution is 2.19. The van der Waals surface area contributed by atoms with Crippen molar-refractivity contribution in [2.75, 3.05) is 0 Å². The minimum absolute atomic E-state index is 0.0748. The van der Waals surface area contributed by atoms with E-state index in [0.717, 1.165) is 22.4 Å². The lowest BCUT2D eigenvalue weighted by molar-refractivity contribution is 0.741. The van der Waals surface area contributed by atoms with Gasteiger partial charge in [0.2, 0.25) is 0 Å². The van der Waals surface area contributed by atoms with E-state index < -0.39 is 0 Å². The Morgan fingerprint density at radius 3 is 2.58 bits per heavy atom. The summed E-state index contributed by atoms with van der Waals surface area (Å²) in [4.78, 5) is 17.4. The summed E-state index contributed by atoms with van der Waals surface area (Å²) in [5, 5.41) is 4.95. The quantitative estimate of drug-likeness (QED) is 0.571. The molecule has 4 rings (SSSR count). The van der Waals surface area contributed by atoms with E-state index in [4.69, 9.17) is 0 Å². The fraction of sp³-hybridized carbons (Fsp3) is 0.190. The molecule has 0 aliphatic heterocycles. The van der Waals surface area contributed by atoms with E-state index in [2.05, 4.69) is 23.1 Å². The summed E-state index contributed by atoms with van der Waals surface area (Å²) in [7, 11) is 0. The van der Waals surface area contributed by atoms with E-state index in [9.17, 15) is 4.79 Å². The molecule has 4 aromatic rings. The molecule has 0 aliphatic rings. The molecule has 0 fully saturated rings. The molecule has 5 heteroatoms. The van der Waals surface area contributed by atoms with Gasteiger partial charge in [0.1, 0.15) is 11.7 Å². The lowest BCUT2D eigenvalue weighted by Gasteiger charge is -2.10. The van der Waals surface area contributed by atoms with Crippen molar-refractivity contribution in [2.24, 2.45) is 0 Å². The first kappa shape index (κ1) is 16.3. The molecular formula is C21H20N4O. The van der Waals surface area contributed by atoms with Gasteiger partial charge in [-0.05, 0) is 43.5 Å². The number of hydrogen-bond acceptors (Lipinski definition) is 3. The third-order valence-electron chi connectivity index (χ3n) is 4.74. The molecule has 130 valence electrons. The van der Waals surface area contributed by atoms with Gasteiger partial charge in [0.15, 0.2) is 5.65 Å². The molecule has 5 nitrogen and oxygen atoms in total. The zero-order valence-electron chi connectivity index (χ0n) is 15.1. The SMILES string of the molecule is Cc1ccc(-n2ncc3c(=O)n(Cc4ccccc4C)cnc32)c(C)c1. The van der Waals surface area contributed by atoms with Crippen molar-refractivity contribution in [3.8, 4) is 5.69 Å². The fourth-order valence-electron chi connectivity index (χ4n) is 3.25. The van der Waals surface area contributed by atoms with Crippen LogP contribution in [0.3, 0.4) is 0 Å². The highest BCUT2D eigenvalue weighted by atomic mass is 16.1. The van der Waals surface area contributed by atoms with E-state index >= 15 is 0 Å². The van der Waals surface area contributed by atoms with Crippen LogP contribution in [0.5, 0.6) is 0 Å². The smallest absolute Gasteiger partial charge is 0.264 e. The molecule has 0 aliphatic carbocycles. The van der Waals surface area contributed by atoms with Crippen molar-refractivity contribution in [3.05, 3.63) is 87.6 Å². The van der Waals surface area contributed by atoms with Crippen LogP contribution >= 0.6 is 0 Å². The second-order valence-corrected chi connectivity index (χ2v) is 6.69. The van der Waals surface area contributed by atoms with Crippen LogP contribution in [0.2, 0.25) is 0 Å². The lowest BCUT2D eigenvalue weighted by Crippen LogP contribution is -2.21. The van der Waals surface area contributed by atoms with Crippen LogP contribution in [0, 0.1) is 20.8 Å². The van der Waals surface area contributed by atoms with E-state index in [1.807, 2.05) is 50.2 Å². The van der Waals surface area contributed by atoms with Gasteiger partial charge in [-0.25, -0.2) is 9.67 Å². The minimum Gasteiger partial charge on any atom is -0.294 e. The summed E-state index contributed by atoms with van der Waals surface area (Å²) >= 11 is 0. The Labute approximate surface area is 151 Å². The normalized spacial score (nSPS) is 11.2. The maximum absolute atomic E-state index is 12.9. The Bertz CT molecular complexity index is 1170. The Hall–Kier alpha value is -3.21. The zero-order chi connectivity index (χ0) is 18.3. The predicted molar refractivity (Wildman–Crippen MR) is 103 cm³/mol. The van der Waals surface area contributed by atoms with Gasteiger partial charge in [-0.2, -0.15) is 5.10 Å². The number of hydrogen-bond donors (Lipinski definition) is 0. The summed E-state index contributed by atoms with van der Waals surface area (Å²) in [6.45, 7) is 6.64.